The maximum Gasteiger partial charge on any atom is 0.228 e. The van der Waals surface area contributed by atoms with Crippen LogP contribution in [0.25, 0.3) is 22.4 Å². The zero-order valence-electron chi connectivity index (χ0n) is 17.2. The second-order valence-corrected chi connectivity index (χ2v) is 8.77. The Morgan fingerprint density at radius 3 is 2.79 bits per heavy atom. The van der Waals surface area contributed by atoms with Gasteiger partial charge in [-0.3, -0.25) is 9.20 Å². The summed E-state index contributed by atoms with van der Waals surface area (Å²) in [5.41, 5.74) is 3.87. The molecule has 0 aliphatic heterocycles. The molecule has 0 radical (unpaired) electrons. The Hall–Kier alpha value is -4.23. The molecule has 1 N–H and O–H groups in total. The molecule has 0 bridgehead atoms. The number of pyridine rings is 1. The molecule has 6 rings (SSSR count). The van der Waals surface area contributed by atoms with Crippen molar-refractivity contribution in [3.8, 4) is 17.2 Å². The van der Waals surface area contributed by atoms with Crippen LogP contribution < -0.4 is 5.32 Å². The maximum absolute atomic E-state index is 12.0. The third kappa shape index (κ3) is 3.79. The van der Waals surface area contributed by atoms with E-state index < -0.39 is 0 Å². The quantitative estimate of drug-likeness (QED) is 0.431. The highest BCUT2D eigenvalue weighted by Crippen LogP contribution is 2.30. The van der Waals surface area contributed by atoms with Crippen LogP contribution in [0.5, 0.6) is 0 Å². The molecule has 1 aliphatic rings. The third-order valence-corrected chi connectivity index (χ3v) is 6.27. The molecule has 10 heteroatoms. The summed E-state index contributed by atoms with van der Waals surface area (Å²) < 4.78 is 3.55. The number of hydrogen-bond donors (Lipinski definition) is 1. The van der Waals surface area contributed by atoms with E-state index in [9.17, 15) is 10.1 Å². The lowest BCUT2D eigenvalue weighted by atomic mass is 10.1. The van der Waals surface area contributed by atoms with E-state index in [4.69, 9.17) is 0 Å². The molecule has 1 fully saturated rings. The number of carbonyl (C=O) groups excluding carboxylic acids is 1. The largest absolute Gasteiger partial charge is 0.309 e. The number of imidazole rings is 1. The van der Waals surface area contributed by atoms with Crippen molar-refractivity contribution < 1.29 is 4.79 Å². The Balaban J connectivity index is 1.29. The van der Waals surface area contributed by atoms with Crippen LogP contribution in [0.1, 0.15) is 18.4 Å². The minimum absolute atomic E-state index is 0.0130. The lowest BCUT2D eigenvalue weighted by molar-refractivity contribution is -0.117. The average molecular weight is 453 g/mol. The Labute approximate surface area is 192 Å². The van der Waals surface area contributed by atoms with Gasteiger partial charge in [-0.25, -0.2) is 9.50 Å². The van der Waals surface area contributed by atoms with E-state index >= 15 is 0 Å². The summed E-state index contributed by atoms with van der Waals surface area (Å²) in [6, 6.07) is 17.2. The summed E-state index contributed by atoms with van der Waals surface area (Å²) in [6.45, 7) is 0. The van der Waals surface area contributed by atoms with Gasteiger partial charge in [0.05, 0.1) is 17.8 Å². The highest BCUT2D eigenvalue weighted by molar-refractivity contribution is 7.99. The van der Waals surface area contributed by atoms with Crippen molar-refractivity contribution >= 4 is 34.8 Å². The highest BCUT2D eigenvalue weighted by atomic mass is 32.2. The molecule has 0 spiro atoms. The molecule has 9 nitrogen and oxygen atoms in total. The number of carbonyl (C=O) groups is 1. The number of amides is 1. The second kappa shape index (κ2) is 7.72. The minimum Gasteiger partial charge on any atom is -0.309 e. The fourth-order valence-corrected chi connectivity index (χ4v) is 4.30. The Kier molecular flexibility index (Phi) is 4.55. The number of nitrogens with zero attached hydrogens (tertiary/aromatic N) is 7. The van der Waals surface area contributed by atoms with E-state index in [1.807, 2.05) is 53.1 Å². The van der Waals surface area contributed by atoms with Crippen molar-refractivity contribution in [2.45, 2.75) is 23.0 Å². The fraction of sp³-hybridized carbons (Fsp3) is 0.130. The molecule has 160 valence electrons. The van der Waals surface area contributed by atoms with Crippen molar-refractivity contribution in [2.75, 3.05) is 5.32 Å². The van der Waals surface area contributed by atoms with Crippen LogP contribution in [-0.2, 0) is 4.79 Å². The zero-order chi connectivity index (χ0) is 22.4. The van der Waals surface area contributed by atoms with Crippen LogP contribution in [0, 0.1) is 17.2 Å². The van der Waals surface area contributed by atoms with E-state index in [1.165, 1.54) is 11.8 Å². The summed E-state index contributed by atoms with van der Waals surface area (Å²) in [5, 5.41) is 26.6. The van der Waals surface area contributed by atoms with Crippen LogP contribution in [0.4, 0.5) is 5.82 Å². The molecule has 1 saturated carbocycles. The number of nitriles is 1. The Bertz CT molecular complexity index is 1580. The van der Waals surface area contributed by atoms with Gasteiger partial charge in [-0.2, -0.15) is 10.4 Å². The molecular formula is C23H16N8OS. The van der Waals surface area contributed by atoms with E-state index in [0.717, 1.165) is 24.0 Å². The monoisotopic (exact) mass is 452 g/mol. The maximum atomic E-state index is 12.0. The molecule has 4 aromatic heterocycles. The number of hydrogen-bond acceptors (Lipinski definition) is 7. The molecule has 1 aliphatic carbocycles. The summed E-state index contributed by atoms with van der Waals surface area (Å²) in [6.07, 6.45) is 5.54. The van der Waals surface area contributed by atoms with Gasteiger partial charge in [0.2, 0.25) is 11.1 Å². The first-order chi connectivity index (χ1) is 16.2. The van der Waals surface area contributed by atoms with E-state index in [2.05, 4.69) is 31.7 Å². The number of fused-ring (bicyclic) bond motifs is 2. The highest BCUT2D eigenvalue weighted by Gasteiger charge is 2.30. The van der Waals surface area contributed by atoms with Gasteiger partial charge in [0.1, 0.15) is 5.03 Å². The summed E-state index contributed by atoms with van der Waals surface area (Å²) in [7, 11) is 0. The van der Waals surface area contributed by atoms with Gasteiger partial charge in [-0.15, -0.1) is 10.2 Å². The molecule has 1 amide bonds. The van der Waals surface area contributed by atoms with E-state index in [0.29, 0.717) is 32.9 Å². The van der Waals surface area contributed by atoms with Crippen molar-refractivity contribution in [3.63, 3.8) is 0 Å². The molecule has 0 atom stereocenters. The van der Waals surface area contributed by atoms with Gasteiger partial charge >= 0.3 is 0 Å². The van der Waals surface area contributed by atoms with Crippen LogP contribution in [0.2, 0.25) is 0 Å². The summed E-state index contributed by atoms with van der Waals surface area (Å²) in [5.74, 6) is 0.625. The number of rotatable bonds is 5. The van der Waals surface area contributed by atoms with E-state index in [1.54, 1.807) is 16.8 Å². The van der Waals surface area contributed by atoms with Gasteiger partial charge in [0.25, 0.3) is 0 Å². The zero-order valence-corrected chi connectivity index (χ0v) is 18.0. The van der Waals surface area contributed by atoms with Crippen LogP contribution >= 0.6 is 11.8 Å². The summed E-state index contributed by atoms with van der Waals surface area (Å²) >= 11 is 1.38. The van der Waals surface area contributed by atoms with Gasteiger partial charge in [-0.05, 0) is 72.1 Å². The molecule has 33 heavy (non-hydrogen) atoms. The SMILES string of the molecule is N#Cc1cccc(-c2ccc3nnc(Sc4ccc5nc(NC(=O)C6CC6)cn5n4)n3c2)c1. The lowest BCUT2D eigenvalue weighted by Gasteiger charge is -2.05. The second-order valence-electron chi connectivity index (χ2n) is 7.79. The first kappa shape index (κ1) is 19.5. The Morgan fingerprint density at radius 2 is 1.94 bits per heavy atom. The van der Waals surface area contributed by atoms with Gasteiger partial charge < -0.3 is 5.32 Å². The average Bonchev–Trinajstić information content (AvgIpc) is 3.52. The predicted octanol–water partition coefficient (Wildman–Crippen LogP) is 3.81. The van der Waals surface area contributed by atoms with Gasteiger partial charge in [-0.1, -0.05) is 12.1 Å². The van der Waals surface area contributed by atoms with Crippen LogP contribution in [-0.4, -0.2) is 35.1 Å². The molecular weight excluding hydrogens is 436 g/mol. The van der Waals surface area contributed by atoms with Crippen molar-refractivity contribution in [3.05, 3.63) is 66.5 Å². The summed E-state index contributed by atoms with van der Waals surface area (Å²) in [4.78, 5) is 16.4. The number of benzene rings is 1. The number of nitrogens with one attached hydrogen (secondary N) is 1. The van der Waals surface area contributed by atoms with E-state index in [-0.39, 0.29) is 11.8 Å². The fourth-order valence-electron chi connectivity index (χ4n) is 3.52. The molecule has 0 saturated heterocycles. The smallest absolute Gasteiger partial charge is 0.228 e. The molecule has 0 unspecified atom stereocenters. The lowest BCUT2D eigenvalue weighted by Crippen LogP contribution is -2.13. The predicted molar refractivity (Wildman–Crippen MR) is 122 cm³/mol. The van der Waals surface area contributed by atoms with Gasteiger partial charge in [0.15, 0.2) is 17.1 Å². The molecule has 1 aromatic carbocycles. The van der Waals surface area contributed by atoms with Crippen LogP contribution in [0.15, 0.2) is 71.1 Å². The third-order valence-electron chi connectivity index (χ3n) is 5.39. The first-order valence-electron chi connectivity index (χ1n) is 10.4. The minimum atomic E-state index is 0.0130. The van der Waals surface area contributed by atoms with Gasteiger partial charge in [0, 0.05) is 12.1 Å². The number of aromatic nitrogens is 6. The van der Waals surface area contributed by atoms with Crippen LogP contribution in [0.3, 0.4) is 0 Å². The van der Waals surface area contributed by atoms with Crippen molar-refractivity contribution in [2.24, 2.45) is 5.92 Å². The standard InChI is InChI=1S/C23H16N8OS/c24-11-14-2-1-3-16(10-14)17-6-7-20-27-28-23(30(20)12-17)33-21-9-8-19-25-18(13-31(19)29-21)26-22(32)15-4-5-15/h1-3,6-10,12-13,15H,4-5H2,(H,26,32). The van der Waals surface area contributed by atoms with Crippen molar-refractivity contribution in [1.29, 1.82) is 5.26 Å². The number of anilines is 1. The molecule has 4 heterocycles. The first-order valence-corrected chi connectivity index (χ1v) is 11.2. The Morgan fingerprint density at radius 1 is 1.06 bits per heavy atom. The molecule has 5 aromatic rings. The van der Waals surface area contributed by atoms with Crippen molar-refractivity contribution in [1.82, 2.24) is 29.2 Å². The topological polar surface area (TPSA) is 113 Å². The normalized spacial score (nSPS) is 13.3.